The second-order valence-corrected chi connectivity index (χ2v) is 8.04. The molecule has 1 aromatic carbocycles. The van der Waals surface area contributed by atoms with Crippen molar-refractivity contribution in [1.82, 2.24) is 0 Å². The van der Waals surface area contributed by atoms with E-state index >= 15 is 0 Å². The Kier molecular flexibility index (Phi) is 7.09. The zero-order valence-electron chi connectivity index (χ0n) is 15.9. The lowest BCUT2D eigenvalue weighted by Gasteiger charge is -2.41. The molecule has 0 saturated carbocycles. The van der Waals surface area contributed by atoms with Gasteiger partial charge in [-0.15, -0.1) is 0 Å². The molecule has 0 heterocycles. The van der Waals surface area contributed by atoms with Crippen molar-refractivity contribution in [2.45, 2.75) is 67.3 Å². The number of rotatable bonds is 9. The molecule has 3 heteroatoms. The molecule has 0 spiro atoms. The molecule has 0 amide bonds. The highest BCUT2D eigenvalue weighted by atomic mass is 16.9. The predicted molar refractivity (Wildman–Crippen MR) is 95.5 cm³/mol. The van der Waals surface area contributed by atoms with Crippen molar-refractivity contribution in [2.24, 2.45) is 10.8 Å². The van der Waals surface area contributed by atoms with Gasteiger partial charge in [0, 0.05) is 6.42 Å². The first-order chi connectivity index (χ1) is 10.6. The molecule has 132 valence electrons. The molecule has 0 aromatic heterocycles. The van der Waals surface area contributed by atoms with Gasteiger partial charge in [-0.25, -0.2) is 0 Å². The summed E-state index contributed by atoms with van der Waals surface area (Å²) < 4.78 is 18.1. The normalized spacial score (nSPS) is 13.2. The van der Waals surface area contributed by atoms with Gasteiger partial charge in [-0.1, -0.05) is 52.8 Å². The largest absolute Gasteiger partial charge is 0.439 e. The third-order valence-electron chi connectivity index (χ3n) is 3.45. The van der Waals surface area contributed by atoms with Crippen LogP contribution < -0.4 is 4.74 Å². The monoisotopic (exact) mass is 322 g/mol. The lowest BCUT2D eigenvalue weighted by molar-refractivity contribution is -0.353. The maximum Gasteiger partial charge on any atom is 0.327 e. The fourth-order valence-corrected chi connectivity index (χ4v) is 3.43. The minimum atomic E-state index is -1.04. The van der Waals surface area contributed by atoms with E-state index in [0.29, 0.717) is 19.6 Å². The van der Waals surface area contributed by atoms with Crippen LogP contribution in [0.15, 0.2) is 30.3 Å². The van der Waals surface area contributed by atoms with E-state index in [1.54, 1.807) is 0 Å². The molecule has 0 bridgehead atoms. The molecule has 0 atom stereocenters. The number of ether oxygens (including phenoxy) is 3. The van der Waals surface area contributed by atoms with Crippen molar-refractivity contribution >= 4 is 0 Å². The van der Waals surface area contributed by atoms with Crippen LogP contribution in [-0.2, 0) is 9.47 Å². The molecule has 0 saturated heterocycles. The van der Waals surface area contributed by atoms with E-state index in [9.17, 15) is 0 Å². The number of hydrogen-bond donors (Lipinski definition) is 0. The first kappa shape index (κ1) is 20.0. The highest BCUT2D eigenvalue weighted by Crippen LogP contribution is 2.41. The number of hydrogen-bond acceptors (Lipinski definition) is 3. The highest BCUT2D eigenvalue weighted by molar-refractivity contribution is 5.21. The number of benzene rings is 1. The number of para-hydroxylation sites is 1. The third-order valence-corrected chi connectivity index (χ3v) is 3.45. The molecule has 0 fully saturated rings. The molecule has 0 aliphatic carbocycles. The molecular formula is C20H34O3. The predicted octanol–water partition coefficient (Wildman–Crippen LogP) is 5.64. The third kappa shape index (κ3) is 7.36. The summed E-state index contributed by atoms with van der Waals surface area (Å²) in [5.41, 5.74) is 0.262. The summed E-state index contributed by atoms with van der Waals surface area (Å²) in [5.74, 6) is -0.277. The standard InChI is InChI=1S/C20H34O3/c1-8-21-20(22-9-2,23-17-13-11-10-12-14-17)16-19(6,7)15-18(3,4)5/h10-14H,8-9,15-16H2,1-7H3. The fraction of sp³-hybridized carbons (Fsp3) is 0.700. The van der Waals surface area contributed by atoms with E-state index in [1.807, 2.05) is 44.2 Å². The molecule has 0 N–H and O–H groups in total. The first-order valence-corrected chi connectivity index (χ1v) is 8.63. The lowest BCUT2D eigenvalue weighted by Crippen LogP contribution is -2.46. The highest BCUT2D eigenvalue weighted by Gasteiger charge is 2.42. The van der Waals surface area contributed by atoms with E-state index in [-0.39, 0.29) is 10.8 Å². The quantitative estimate of drug-likeness (QED) is 0.550. The van der Waals surface area contributed by atoms with Crippen molar-refractivity contribution in [2.75, 3.05) is 13.2 Å². The summed E-state index contributed by atoms with van der Waals surface area (Å²) in [4.78, 5) is 0. The molecular weight excluding hydrogens is 288 g/mol. The summed E-state index contributed by atoms with van der Waals surface area (Å²) in [5, 5.41) is 0. The Labute approximate surface area is 142 Å². The second kappa shape index (κ2) is 8.16. The van der Waals surface area contributed by atoms with Crippen molar-refractivity contribution in [3.8, 4) is 5.75 Å². The van der Waals surface area contributed by atoms with Crippen LogP contribution >= 0.6 is 0 Å². The van der Waals surface area contributed by atoms with Gasteiger partial charge in [-0.05, 0) is 43.2 Å². The van der Waals surface area contributed by atoms with Crippen LogP contribution in [0, 0.1) is 10.8 Å². The summed E-state index contributed by atoms with van der Waals surface area (Å²) in [6, 6.07) is 9.75. The Morgan fingerprint density at radius 3 is 1.74 bits per heavy atom. The van der Waals surface area contributed by atoms with Crippen LogP contribution in [0.5, 0.6) is 5.75 Å². The van der Waals surface area contributed by atoms with E-state index in [1.165, 1.54) is 0 Å². The van der Waals surface area contributed by atoms with Gasteiger partial charge in [0.25, 0.3) is 0 Å². The van der Waals surface area contributed by atoms with E-state index in [4.69, 9.17) is 14.2 Å². The van der Waals surface area contributed by atoms with Crippen molar-refractivity contribution in [3.05, 3.63) is 30.3 Å². The van der Waals surface area contributed by atoms with Gasteiger partial charge in [-0.2, -0.15) is 0 Å². The lowest BCUT2D eigenvalue weighted by atomic mass is 9.74. The van der Waals surface area contributed by atoms with E-state index in [2.05, 4.69) is 34.6 Å². The first-order valence-electron chi connectivity index (χ1n) is 8.63. The van der Waals surface area contributed by atoms with Crippen LogP contribution in [0.1, 0.15) is 61.3 Å². The van der Waals surface area contributed by atoms with Crippen LogP contribution in [0.25, 0.3) is 0 Å². The average Bonchev–Trinajstić information content (AvgIpc) is 2.36. The van der Waals surface area contributed by atoms with Gasteiger partial charge in [-0.3, -0.25) is 0 Å². The Balaban J connectivity index is 3.02. The summed E-state index contributed by atoms with van der Waals surface area (Å²) in [6.07, 6.45) is 1.73. The Morgan fingerprint density at radius 1 is 0.783 bits per heavy atom. The van der Waals surface area contributed by atoms with Crippen LogP contribution in [0.4, 0.5) is 0 Å². The van der Waals surface area contributed by atoms with Crippen molar-refractivity contribution < 1.29 is 14.2 Å². The Hall–Kier alpha value is -1.06. The maximum atomic E-state index is 6.19. The molecule has 0 aliphatic rings. The molecule has 23 heavy (non-hydrogen) atoms. The molecule has 0 radical (unpaired) electrons. The molecule has 1 aromatic rings. The SMILES string of the molecule is CCOC(CC(C)(C)CC(C)(C)C)(OCC)Oc1ccccc1. The summed E-state index contributed by atoms with van der Waals surface area (Å²) in [6.45, 7) is 16.3. The van der Waals surface area contributed by atoms with Crippen molar-refractivity contribution in [3.63, 3.8) is 0 Å². The Morgan fingerprint density at radius 2 is 1.30 bits per heavy atom. The fourth-order valence-electron chi connectivity index (χ4n) is 3.43. The van der Waals surface area contributed by atoms with Gasteiger partial charge >= 0.3 is 5.97 Å². The van der Waals surface area contributed by atoms with Gasteiger partial charge in [0.15, 0.2) is 0 Å². The van der Waals surface area contributed by atoms with E-state index in [0.717, 1.165) is 12.2 Å². The van der Waals surface area contributed by atoms with Gasteiger partial charge in [0.1, 0.15) is 5.75 Å². The molecule has 3 nitrogen and oxygen atoms in total. The maximum absolute atomic E-state index is 6.19. The van der Waals surface area contributed by atoms with E-state index < -0.39 is 5.97 Å². The molecule has 0 aliphatic heterocycles. The molecule has 1 rings (SSSR count). The zero-order chi connectivity index (χ0) is 17.6. The summed E-state index contributed by atoms with van der Waals surface area (Å²) >= 11 is 0. The zero-order valence-corrected chi connectivity index (χ0v) is 15.9. The minimum absolute atomic E-state index is 0.0252. The Bertz CT molecular complexity index is 440. The van der Waals surface area contributed by atoms with Gasteiger partial charge in [0.05, 0.1) is 13.2 Å². The van der Waals surface area contributed by atoms with Crippen molar-refractivity contribution in [1.29, 1.82) is 0 Å². The smallest absolute Gasteiger partial charge is 0.327 e. The molecule has 0 unspecified atom stereocenters. The van der Waals surface area contributed by atoms with Crippen LogP contribution in [0.2, 0.25) is 0 Å². The summed E-state index contributed by atoms with van der Waals surface area (Å²) in [7, 11) is 0. The minimum Gasteiger partial charge on any atom is -0.439 e. The average molecular weight is 322 g/mol. The van der Waals surface area contributed by atoms with Crippen LogP contribution in [0.3, 0.4) is 0 Å². The van der Waals surface area contributed by atoms with Gasteiger partial charge < -0.3 is 14.2 Å². The van der Waals surface area contributed by atoms with Crippen LogP contribution in [-0.4, -0.2) is 19.2 Å². The van der Waals surface area contributed by atoms with Gasteiger partial charge in [0.2, 0.25) is 0 Å². The topological polar surface area (TPSA) is 27.7 Å². The second-order valence-electron chi connectivity index (χ2n) is 8.04.